The van der Waals surface area contributed by atoms with Gasteiger partial charge < -0.3 is 4.74 Å². The van der Waals surface area contributed by atoms with E-state index < -0.39 is 10.0 Å². The van der Waals surface area contributed by atoms with Crippen molar-refractivity contribution < 1.29 is 13.2 Å². The number of benzene rings is 1. The third kappa shape index (κ3) is 2.33. The molecule has 1 aromatic carbocycles. The predicted octanol–water partition coefficient (Wildman–Crippen LogP) is 1.46. The van der Waals surface area contributed by atoms with E-state index in [1.54, 1.807) is 13.0 Å². The van der Waals surface area contributed by atoms with Crippen LogP contribution in [0.25, 0.3) is 0 Å². The Bertz CT molecular complexity index is 678. The topological polar surface area (TPSA) is 79.2 Å². The summed E-state index contributed by atoms with van der Waals surface area (Å²) in [6.45, 7) is 1.73. The lowest BCUT2D eigenvalue weighted by Gasteiger charge is -2.20. The second-order valence-corrected chi connectivity index (χ2v) is 7.14. The van der Waals surface area contributed by atoms with E-state index in [2.05, 4.69) is 4.72 Å². The molecule has 2 fully saturated rings. The van der Waals surface area contributed by atoms with E-state index in [-0.39, 0.29) is 23.1 Å². The van der Waals surface area contributed by atoms with Crippen LogP contribution < -0.4 is 4.72 Å². The van der Waals surface area contributed by atoms with Crippen LogP contribution in [0.3, 0.4) is 0 Å². The molecular formula is C14H16N2O3S. The molecule has 3 atom stereocenters. The molecule has 0 aliphatic carbocycles. The summed E-state index contributed by atoms with van der Waals surface area (Å²) in [5, 5.41) is 8.88. The molecule has 2 heterocycles. The van der Waals surface area contributed by atoms with E-state index in [9.17, 15) is 8.42 Å². The largest absolute Gasteiger partial charge is 0.373 e. The van der Waals surface area contributed by atoms with E-state index in [1.807, 2.05) is 6.07 Å². The standard InChI is InChI=1S/C14H16N2O3S/c1-9-6-12(4-2-10(9)8-15)20(17,18)16-13-7-11-3-5-14(13)19-11/h2,4,6,11,13-14,16H,3,5,7H2,1H3. The second kappa shape index (κ2) is 4.85. The van der Waals surface area contributed by atoms with Crippen molar-refractivity contribution in [1.82, 2.24) is 4.72 Å². The molecule has 2 saturated heterocycles. The SMILES string of the molecule is Cc1cc(S(=O)(=O)NC2CC3CCC2O3)ccc1C#N. The van der Waals surface area contributed by atoms with Gasteiger partial charge in [-0.05, 0) is 49.9 Å². The summed E-state index contributed by atoms with van der Waals surface area (Å²) < 4.78 is 33.1. The highest BCUT2D eigenvalue weighted by Crippen LogP contribution is 2.35. The van der Waals surface area contributed by atoms with Crippen molar-refractivity contribution in [3.8, 4) is 6.07 Å². The van der Waals surface area contributed by atoms with Gasteiger partial charge in [0.2, 0.25) is 10.0 Å². The Morgan fingerprint density at radius 1 is 1.40 bits per heavy atom. The van der Waals surface area contributed by atoms with Crippen LogP contribution in [0.5, 0.6) is 0 Å². The molecule has 2 aliphatic rings. The lowest BCUT2D eigenvalue weighted by Crippen LogP contribution is -2.41. The number of sulfonamides is 1. The minimum atomic E-state index is -3.55. The summed E-state index contributed by atoms with van der Waals surface area (Å²) in [7, 11) is -3.55. The van der Waals surface area contributed by atoms with Crippen molar-refractivity contribution >= 4 is 10.0 Å². The smallest absolute Gasteiger partial charge is 0.240 e. The maximum absolute atomic E-state index is 12.4. The molecule has 20 heavy (non-hydrogen) atoms. The number of nitriles is 1. The fourth-order valence-electron chi connectivity index (χ4n) is 2.96. The normalized spacial score (nSPS) is 28.5. The van der Waals surface area contributed by atoms with Crippen molar-refractivity contribution in [2.75, 3.05) is 0 Å². The highest BCUT2D eigenvalue weighted by Gasteiger charge is 2.42. The quantitative estimate of drug-likeness (QED) is 0.915. The molecule has 2 bridgehead atoms. The first-order chi connectivity index (χ1) is 9.49. The molecule has 3 unspecified atom stereocenters. The van der Waals surface area contributed by atoms with Gasteiger partial charge in [-0.1, -0.05) is 0 Å². The van der Waals surface area contributed by atoms with Gasteiger partial charge in [0.1, 0.15) is 0 Å². The molecule has 3 rings (SSSR count). The van der Waals surface area contributed by atoms with Crippen LogP contribution >= 0.6 is 0 Å². The lowest BCUT2D eigenvalue weighted by molar-refractivity contribution is 0.0996. The Morgan fingerprint density at radius 3 is 2.75 bits per heavy atom. The maximum Gasteiger partial charge on any atom is 0.240 e. The number of rotatable bonds is 3. The molecule has 1 aromatic rings. The molecule has 0 amide bonds. The predicted molar refractivity (Wildman–Crippen MR) is 72.5 cm³/mol. The molecule has 0 aromatic heterocycles. The first-order valence-electron chi connectivity index (χ1n) is 6.68. The lowest BCUT2D eigenvalue weighted by atomic mass is 9.96. The summed E-state index contributed by atoms with van der Waals surface area (Å²) in [5.74, 6) is 0. The van der Waals surface area contributed by atoms with Crippen molar-refractivity contribution in [3.63, 3.8) is 0 Å². The van der Waals surface area contributed by atoms with Gasteiger partial charge in [0.05, 0.1) is 34.8 Å². The number of aryl methyl sites for hydroxylation is 1. The fraction of sp³-hybridized carbons (Fsp3) is 0.500. The number of nitrogens with one attached hydrogen (secondary N) is 1. The molecule has 0 radical (unpaired) electrons. The van der Waals surface area contributed by atoms with E-state index in [1.165, 1.54) is 12.1 Å². The molecule has 6 heteroatoms. The first-order valence-corrected chi connectivity index (χ1v) is 8.16. The second-order valence-electron chi connectivity index (χ2n) is 5.43. The van der Waals surface area contributed by atoms with Gasteiger partial charge in [-0.25, -0.2) is 13.1 Å². The Hall–Kier alpha value is -1.42. The van der Waals surface area contributed by atoms with Gasteiger partial charge in [-0.2, -0.15) is 5.26 Å². The van der Waals surface area contributed by atoms with Crippen molar-refractivity contribution in [2.24, 2.45) is 0 Å². The number of hydrogen-bond donors (Lipinski definition) is 1. The summed E-state index contributed by atoms with van der Waals surface area (Å²) >= 11 is 0. The maximum atomic E-state index is 12.4. The average molecular weight is 292 g/mol. The van der Waals surface area contributed by atoms with Crippen molar-refractivity contribution in [3.05, 3.63) is 29.3 Å². The Balaban J connectivity index is 1.82. The van der Waals surface area contributed by atoms with Gasteiger partial charge in [-0.15, -0.1) is 0 Å². The van der Waals surface area contributed by atoms with Gasteiger partial charge in [0.15, 0.2) is 0 Å². The summed E-state index contributed by atoms with van der Waals surface area (Å²) in [6.07, 6.45) is 2.91. The number of nitrogens with zero attached hydrogens (tertiary/aromatic N) is 1. The summed E-state index contributed by atoms with van der Waals surface area (Å²) in [6, 6.07) is 6.46. The Kier molecular flexibility index (Phi) is 3.28. The monoisotopic (exact) mass is 292 g/mol. The van der Waals surface area contributed by atoms with Crippen LogP contribution in [-0.4, -0.2) is 26.7 Å². The van der Waals surface area contributed by atoms with Crippen LogP contribution in [0.15, 0.2) is 23.1 Å². The first kappa shape index (κ1) is 13.6. The summed E-state index contributed by atoms with van der Waals surface area (Å²) in [5.41, 5.74) is 1.16. The van der Waals surface area contributed by atoms with Crippen LogP contribution in [0.2, 0.25) is 0 Å². The zero-order chi connectivity index (χ0) is 14.3. The highest BCUT2D eigenvalue weighted by molar-refractivity contribution is 7.89. The van der Waals surface area contributed by atoms with Crippen LogP contribution in [-0.2, 0) is 14.8 Å². The minimum Gasteiger partial charge on any atom is -0.373 e. The Labute approximate surface area is 118 Å². The molecule has 0 saturated carbocycles. The van der Waals surface area contributed by atoms with Gasteiger partial charge in [-0.3, -0.25) is 0 Å². The van der Waals surface area contributed by atoms with Gasteiger partial charge in [0, 0.05) is 0 Å². The molecule has 0 spiro atoms. The Morgan fingerprint density at radius 2 is 2.20 bits per heavy atom. The third-order valence-electron chi connectivity index (χ3n) is 4.04. The molecule has 106 valence electrons. The van der Waals surface area contributed by atoms with Gasteiger partial charge >= 0.3 is 0 Å². The van der Waals surface area contributed by atoms with E-state index in [4.69, 9.17) is 10.00 Å². The van der Waals surface area contributed by atoms with Gasteiger partial charge in [0.25, 0.3) is 0 Å². The minimum absolute atomic E-state index is 0.00857. The number of fused-ring (bicyclic) bond motifs is 2. The molecular weight excluding hydrogens is 276 g/mol. The molecule has 2 aliphatic heterocycles. The van der Waals surface area contributed by atoms with E-state index in [0.29, 0.717) is 11.1 Å². The molecule has 5 nitrogen and oxygen atoms in total. The fourth-order valence-corrected chi connectivity index (χ4v) is 4.32. The zero-order valence-corrected chi connectivity index (χ0v) is 12.0. The molecule has 1 N–H and O–H groups in total. The van der Waals surface area contributed by atoms with E-state index in [0.717, 1.165) is 19.3 Å². The van der Waals surface area contributed by atoms with Crippen molar-refractivity contribution in [2.45, 2.75) is 49.3 Å². The van der Waals surface area contributed by atoms with Crippen LogP contribution in [0, 0.1) is 18.3 Å². The zero-order valence-electron chi connectivity index (χ0n) is 11.2. The summed E-state index contributed by atoms with van der Waals surface area (Å²) in [4.78, 5) is 0.205. The van der Waals surface area contributed by atoms with Crippen LogP contribution in [0.1, 0.15) is 30.4 Å². The average Bonchev–Trinajstić information content (AvgIpc) is 3.00. The highest BCUT2D eigenvalue weighted by atomic mass is 32.2. The van der Waals surface area contributed by atoms with Crippen LogP contribution in [0.4, 0.5) is 0 Å². The van der Waals surface area contributed by atoms with E-state index >= 15 is 0 Å². The van der Waals surface area contributed by atoms with Crippen molar-refractivity contribution in [1.29, 1.82) is 5.26 Å². The third-order valence-corrected chi connectivity index (χ3v) is 5.53. The number of ether oxygens (including phenoxy) is 1. The number of hydrogen-bond acceptors (Lipinski definition) is 4.